The number of anilines is 2. The first-order valence-corrected chi connectivity index (χ1v) is 9.14. The maximum atomic E-state index is 12.2. The van der Waals surface area contributed by atoms with Gasteiger partial charge in [0.1, 0.15) is 0 Å². The molecule has 0 spiro atoms. The van der Waals surface area contributed by atoms with Crippen LogP contribution in [-0.4, -0.2) is 16.9 Å². The molecule has 7 heteroatoms. The van der Waals surface area contributed by atoms with Gasteiger partial charge < -0.3 is 10.6 Å². The van der Waals surface area contributed by atoms with E-state index in [-0.39, 0.29) is 16.9 Å². The summed E-state index contributed by atoms with van der Waals surface area (Å²) in [6.07, 6.45) is 0. The Morgan fingerprint density at radius 1 is 0.714 bits per heavy atom. The SMILES string of the molecule is O=C(NC(=S)Nc1ccc(NC(=O)c2cccc(Cl)c2)cc1)c1ccccc1. The zero-order valence-electron chi connectivity index (χ0n) is 14.6. The summed E-state index contributed by atoms with van der Waals surface area (Å²) in [5.74, 6) is -0.544. The van der Waals surface area contributed by atoms with Crippen molar-refractivity contribution in [3.8, 4) is 0 Å². The number of amides is 2. The number of nitrogens with one attached hydrogen (secondary N) is 3. The van der Waals surface area contributed by atoms with E-state index in [0.29, 0.717) is 27.5 Å². The normalized spacial score (nSPS) is 10.0. The van der Waals surface area contributed by atoms with Crippen molar-refractivity contribution in [2.45, 2.75) is 0 Å². The van der Waals surface area contributed by atoms with E-state index in [1.165, 1.54) is 0 Å². The van der Waals surface area contributed by atoms with E-state index in [4.69, 9.17) is 23.8 Å². The Bertz CT molecular complexity index is 1010. The van der Waals surface area contributed by atoms with Crippen LogP contribution in [0.1, 0.15) is 20.7 Å². The highest BCUT2D eigenvalue weighted by Crippen LogP contribution is 2.16. The second-order valence-corrected chi connectivity index (χ2v) is 6.66. The van der Waals surface area contributed by atoms with E-state index in [1.54, 1.807) is 72.8 Å². The largest absolute Gasteiger partial charge is 0.332 e. The number of carbonyl (C=O) groups is 2. The zero-order valence-corrected chi connectivity index (χ0v) is 16.2. The lowest BCUT2D eigenvalue weighted by Crippen LogP contribution is -2.34. The van der Waals surface area contributed by atoms with Crippen LogP contribution in [0.5, 0.6) is 0 Å². The molecule has 3 aromatic carbocycles. The van der Waals surface area contributed by atoms with Crippen LogP contribution < -0.4 is 16.0 Å². The molecule has 5 nitrogen and oxygen atoms in total. The maximum Gasteiger partial charge on any atom is 0.257 e. The monoisotopic (exact) mass is 409 g/mol. The number of thiocarbonyl (C=S) groups is 1. The molecule has 28 heavy (non-hydrogen) atoms. The molecule has 2 amide bonds. The van der Waals surface area contributed by atoms with E-state index in [2.05, 4.69) is 16.0 Å². The number of rotatable bonds is 4. The van der Waals surface area contributed by atoms with Crippen LogP contribution in [0.3, 0.4) is 0 Å². The minimum Gasteiger partial charge on any atom is -0.332 e. The molecular formula is C21H16ClN3O2S. The second-order valence-electron chi connectivity index (χ2n) is 5.82. The molecule has 0 atom stereocenters. The first-order chi connectivity index (χ1) is 13.5. The molecule has 0 aliphatic carbocycles. The fourth-order valence-electron chi connectivity index (χ4n) is 2.40. The Balaban J connectivity index is 1.56. The molecule has 0 aromatic heterocycles. The molecule has 0 bridgehead atoms. The number of hydrogen-bond donors (Lipinski definition) is 3. The van der Waals surface area contributed by atoms with Gasteiger partial charge in [0.15, 0.2) is 5.11 Å². The van der Waals surface area contributed by atoms with Crippen LogP contribution in [0.15, 0.2) is 78.9 Å². The zero-order chi connectivity index (χ0) is 19.9. The van der Waals surface area contributed by atoms with Crippen LogP contribution in [0.2, 0.25) is 5.02 Å². The van der Waals surface area contributed by atoms with Crippen molar-refractivity contribution in [2.24, 2.45) is 0 Å². The summed E-state index contributed by atoms with van der Waals surface area (Å²) in [5, 5.41) is 9.02. The third kappa shape index (κ3) is 5.39. The van der Waals surface area contributed by atoms with Crippen LogP contribution in [0.4, 0.5) is 11.4 Å². The predicted molar refractivity (Wildman–Crippen MR) is 116 cm³/mol. The lowest BCUT2D eigenvalue weighted by molar-refractivity contribution is 0.0976. The fourth-order valence-corrected chi connectivity index (χ4v) is 2.80. The Morgan fingerprint density at radius 3 is 1.96 bits per heavy atom. The highest BCUT2D eigenvalue weighted by molar-refractivity contribution is 7.80. The van der Waals surface area contributed by atoms with Crippen LogP contribution in [0.25, 0.3) is 0 Å². The minimum atomic E-state index is -0.288. The average Bonchev–Trinajstić information content (AvgIpc) is 2.70. The number of hydrogen-bond acceptors (Lipinski definition) is 3. The molecular weight excluding hydrogens is 394 g/mol. The van der Waals surface area contributed by atoms with Crippen molar-refractivity contribution < 1.29 is 9.59 Å². The fraction of sp³-hybridized carbons (Fsp3) is 0. The molecule has 3 N–H and O–H groups in total. The molecule has 3 rings (SSSR count). The van der Waals surface area contributed by atoms with Gasteiger partial charge in [0.25, 0.3) is 11.8 Å². The summed E-state index contributed by atoms with van der Waals surface area (Å²) < 4.78 is 0. The lowest BCUT2D eigenvalue weighted by atomic mass is 10.2. The van der Waals surface area contributed by atoms with Crippen molar-refractivity contribution in [3.05, 3.63) is 95.0 Å². The summed E-state index contributed by atoms with van der Waals surface area (Å²) in [4.78, 5) is 24.3. The van der Waals surface area contributed by atoms with Gasteiger partial charge in [-0.1, -0.05) is 35.9 Å². The Morgan fingerprint density at radius 2 is 1.32 bits per heavy atom. The topological polar surface area (TPSA) is 70.2 Å². The number of carbonyl (C=O) groups excluding carboxylic acids is 2. The van der Waals surface area contributed by atoms with Gasteiger partial charge in [0.05, 0.1) is 0 Å². The van der Waals surface area contributed by atoms with Gasteiger partial charge in [0, 0.05) is 27.5 Å². The molecule has 0 saturated carbocycles. The second kappa shape index (κ2) is 9.12. The summed E-state index contributed by atoms with van der Waals surface area (Å²) in [6, 6.07) is 22.5. The average molecular weight is 410 g/mol. The molecule has 0 radical (unpaired) electrons. The molecule has 0 heterocycles. The predicted octanol–water partition coefficient (Wildman–Crippen LogP) is 4.72. The van der Waals surface area contributed by atoms with Crippen molar-refractivity contribution in [1.82, 2.24) is 5.32 Å². The summed E-state index contributed by atoms with van der Waals surface area (Å²) in [6.45, 7) is 0. The van der Waals surface area contributed by atoms with E-state index < -0.39 is 0 Å². The van der Waals surface area contributed by atoms with E-state index in [0.717, 1.165) is 0 Å². The first kappa shape index (κ1) is 19.5. The minimum absolute atomic E-state index is 0.185. The Kier molecular flexibility index (Phi) is 6.37. The van der Waals surface area contributed by atoms with Gasteiger partial charge in [-0.3, -0.25) is 14.9 Å². The van der Waals surface area contributed by atoms with Gasteiger partial charge >= 0.3 is 0 Å². The van der Waals surface area contributed by atoms with Gasteiger partial charge in [-0.2, -0.15) is 0 Å². The van der Waals surface area contributed by atoms with Crippen molar-refractivity contribution >= 4 is 52.1 Å². The maximum absolute atomic E-state index is 12.2. The van der Waals surface area contributed by atoms with Gasteiger partial charge in [-0.15, -0.1) is 0 Å². The van der Waals surface area contributed by atoms with E-state index >= 15 is 0 Å². The molecule has 3 aromatic rings. The molecule has 0 unspecified atom stereocenters. The van der Waals surface area contributed by atoms with Crippen molar-refractivity contribution in [1.29, 1.82) is 0 Å². The van der Waals surface area contributed by atoms with E-state index in [1.807, 2.05) is 6.07 Å². The lowest BCUT2D eigenvalue weighted by Gasteiger charge is -2.11. The third-order valence-corrected chi connectivity index (χ3v) is 4.19. The van der Waals surface area contributed by atoms with Gasteiger partial charge in [0.2, 0.25) is 0 Å². The van der Waals surface area contributed by atoms with Gasteiger partial charge in [-0.25, -0.2) is 0 Å². The van der Waals surface area contributed by atoms with Crippen LogP contribution >= 0.6 is 23.8 Å². The van der Waals surface area contributed by atoms with Crippen LogP contribution in [-0.2, 0) is 0 Å². The number of benzene rings is 3. The molecule has 0 aliphatic heterocycles. The summed E-state index contributed by atoms with van der Waals surface area (Å²) in [7, 11) is 0. The number of halogens is 1. The van der Waals surface area contributed by atoms with Crippen molar-refractivity contribution in [3.63, 3.8) is 0 Å². The first-order valence-electron chi connectivity index (χ1n) is 8.35. The van der Waals surface area contributed by atoms with E-state index in [9.17, 15) is 9.59 Å². The quantitative estimate of drug-likeness (QED) is 0.545. The highest BCUT2D eigenvalue weighted by Gasteiger charge is 2.08. The highest BCUT2D eigenvalue weighted by atomic mass is 35.5. The molecule has 140 valence electrons. The standard InChI is InChI=1S/C21H16ClN3O2S/c22-16-8-4-7-15(13-16)20(27)23-17-9-11-18(12-10-17)24-21(28)25-19(26)14-5-2-1-3-6-14/h1-13H,(H,23,27)(H2,24,25,26,28). The smallest absolute Gasteiger partial charge is 0.257 e. The Hall–Kier alpha value is -3.22. The van der Waals surface area contributed by atoms with Crippen LogP contribution in [0, 0.1) is 0 Å². The molecule has 0 aliphatic rings. The van der Waals surface area contributed by atoms with Crippen molar-refractivity contribution in [2.75, 3.05) is 10.6 Å². The molecule has 0 saturated heterocycles. The Labute approximate surface area is 172 Å². The summed E-state index contributed by atoms with van der Waals surface area (Å²) >= 11 is 11.1. The summed E-state index contributed by atoms with van der Waals surface area (Å²) in [5.41, 5.74) is 2.29. The third-order valence-electron chi connectivity index (χ3n) is 3.75. The molecule has 0 fully saturated rings. The van der Waals surface area contributed by atoms with Gasteiger partial charge in [-0.05, 0) is 66.8 Å².